The molecule has 86 valence electrons. The number of nitrogens with zero attached hydrogens (tertiary/aromatic N) is 2. The zero-order chi connectivity index (χ0) is 12.2. The van der Waals surface area contributed by atoms with Crippen LogP contribution in [0.1, 0.15) is 0 Å². The SMILES string of the molecule is N#CN(CCBr)S(=O)(=O)c1ccc(Cl)cc1. The summed E-state index contributed by atoms with van der Waals surface area (Å²) in [7, 11) is -3.75. The second-order valence-electron chi connectivity index (χ2n) is 2.82. The maximum absolute atomic E-state index is 11.9. The van der Waals surface area contributed by atoms with Gasteiger partial charge in [0, 0.05) is 10.4 Å². The van der Waals surface area contributed by atoms with Gasteiger partial charge in [-0.2, -0.15) is 5.26 Å². The molecule has 0 radical (unpaired) electrons. The van der Waals surface area contributed by atoms with Gasteiger partial charge in [0.25, 0.3) is 10.0 Å². The normalized spacial score (nSPS) is 10.8. The van der Waals surface area contributed by atoms with Crippen LogP contribution in [0.4, 0.5) is 0 Å². The van der Waals surface area contributed by atoms with E-state index in [1.54, 1.807) is 6.19 Å². The van der Waals surface area contributed by atoms with Gasteiger partial charge in [0.1, 0.15) is 0 Å². The Balaban J connectivity index is 3.11. The Morgan fingerprint density at radius 2 is 1.94 bits per heavy atom. The van der Waals surface area contributed by atoms with Crippen LogP contribution in [-0.2, 0) is 10.0 Å². The van der Waals surface area contributed by atoms with Gasteiger partial charge in [0.05, 0.1) is 11.4 Å². The quantitative estimate of drug-likeness (QED) is 0.485. The van der Waals surface area contributed by atoms with E-state index in [-0.39, 0.29) is 11.4 Å². The third-order valence-corrected chi connectivity index (χ3v) is 4.12. The third kappa shape index (κ3) is 2.88. The Morgan fingerprint density at radius 3 is 2.38 bits per heavy atom. The second kappa shape index (κ2) is 5.53. The smallest absolute Gasteiger partial charge is 0.201 e. The molecule has 0 spiro atoms. The van der Waals surface area contributed by atoms with Gasteiger partial charge in [-0.05, 0) is 24.3 Å². The number of benzene rings is 1. The van der Waals surface area contributed by atoms with Crippen molar-refractivity contribution in [1.82, 2.24) is 4.31 Å². The summed E-state index contributed by atoms with van der Waals surface area (Å²) in [5, 5.41) is 9.60. The largest absolute Gasteiger partial charge is 0.272 e. The Kier molecular flexibility index (Phi) is 4.59. The van der Waals surface area contributed by atoms with E-state index in [2.05, 4.69) is 15.9 Å². The Hall–Kier alpha value is -0.770. The van der Waals surface area contributed by atoms with Gasteiger partial charge in [-0.25, -0.2) is 12.7 Å². The zero-order valence-corrected chi connectivity index (χ0v) is 11.3. The number of halogens is 2. The van der Waals surface area contributed by atoms with Gasteiger partial charge in [0.15, 0.2) is 6.19 Å². The first-order valence-electron chi connectivity index (χ1n) is 4.26. The molecule has 1 aromatic carbocycles. The average Bonchev–Trinajstić information content (AvgIpc) is 2.26. The Morgan fingerprint density at radius 1 is 1.38 bits per heavy atom. The Labute approximate surface area is 108 Å². The molecular formula is C9H8BrClN2O2S. The van der Waals surface area contributed by atoms with E-state index in [0.29, 0.717) is 10.4 Å². The lowest BCUT2D eigenvalue weighted by atomic mass is 10.4. The van der Waals surface area contributed by atoms with E-state index in [9.17, 15) is 8.42 Å². The van der Waals surface area contributed by atoms with Crippen molar-refractivity contribution in [3.8, 4) is 6.19 Å². The summed E-state index contributed by atoms with van der Waals surface area (Å²) in [4.78, 5) is 0.0550. The molecule has 4 nitrogen and oxygen atoms in total. The molecular weight excluding hydrogens is 316 g/mol. The average molecular weight is 324 g/mol. The summed E-state index contributed by atoms with van der Waals surface area (Å²) in [5.41, 5.74) is 0. The highest BCUT2D eigenvalue weighted by Crippen LogP contribution is 2.17. The van der Waals surface area contributed by atoms with Crippen molar-refractivity contribution in [3.05, 3.63) is 29.3 Å². The lowest BCUT2D eigenvalue weighted by molar-refractivity contribution is 0.522. The summed E-state index contributed by atoms with van der Waals surface area (Å²) in [5.74, 6) is 0. The fourth-order valence-electron chi connectivity index (χ4n) is 1.03. The van der Waals surface area contributed by atoms with Gasteiger partial charge in [-0.15, -0.1) is 0 Å². The molecule has 0 atom stereocenters. The van der Waals surface area contributed by atoms with Crippen LogP contribution in [0, 0.1) is 11.5 Å². The summed E-state index contributed by atoms with van der Waals surface area (Å²) in [6.45, 7) is 0.0987. The molecule has 0 aliphatic rings. The molecule has 1 aromatic rings. The molecule has 1 rings (SSSR count). The highest BCUT2D eigenvalue weighted by molar-refractivity contribution is 9.09. The van der Waals surface area contributed by atoms with Crippen LogP contribution in [0.5, 0.6) is 0 Å². The second-order valence-corrected chi connectivity index (χ2v) is 5.91. The molecule has 0 heterocycles. The lowest BCUT2D eigenvalue weighted by Gasteiger charge is -2.14. The molecule has 0 unspecified atom stereocenters. The fraction of sp³-hybridized carbons (Fsp3) is 0.222. The number of rotatable bonds is 4. The minimum Gasteiger partial charge on any atom is -0.201 e. The number of hydrogen-bond donors (Lipinski definition) is 0. The number of hydrogen-bond acceptors (Lipinski definition) is 3. The monoisotopic (exact) mass is 322 g/mol. The van der Waals surface area contributed by atoms with Crippen molar-refractivity contribution < 1.29 is 8.42 Å². The third-order valence-electron chi connectivity index (χ3n) is 1.80. The van der Waals surface area contributed by atoms with Crippen molar-refractivity contribution in [2.24, 2.45) is 0 Å². The molecule has 0 aromatic heterocycles. The first-order chi connectivity index (χ1) is 7.52. The molecule has 0 aliphatic heterocycles. The van der Waals surface area contributed by atoms with Crippen LogP contribution in [0.3, 0.4) is 0 Å². The number of alkyl halides is 1. The van der Waals surface area contributed by atoms with E-state index in [1.807, 2.05) is 0 Å². The Bertz CT molecular complexity index is 495. The lowest BCUT2D eigenvalue weighted by Crippen LogP contribution is -2.28. The van der Waals surface area contributed by atoms with Gasteiger partial charge in [-0.1, -0.05) is 27.5 Å². The van der Waals surface area contributed by atoms with Crippen molar-refractivity contribution in [1.29, 1.82) is 5.26 Å². The van der Waals surface area contributed by atoms with E-state index < -0.39 is 10.0 Å². The molecule has 0 fully saturated rings. The fourth-order valence-corrected chi connectivity index (χ4v) is 2.92. The summed E-state index contributed by atoms with van der Waals surface area (Å²) >= 11 is 8.74. The van der Waals surface area contributed by atoms with Crippen molar-refractivity contribution in [2.75, 3.05) is 11.9 Å². The van der Waals surface area contributed by atoms with E-state index in [0.717, 1.165) is 4.31 Å². The maximum Gasteiger partial charge on any atom is 0.272 e. The predicted molar refractivity (Wildman–Crippen MR) is 64.8 cm³/mol. The first kappa shape index (κ1) is 13.3. The standard InChI is InChI=1S/C9H8BrClN2O2S/c10-5-6-13(7-12)16(14,15)9-3-1-8(11)2-4-9/h1-4H,5-6H2. The highest BCUT2D eigenvalue weighted by Gasteiger charge is 2.22. The molecule has 0 amide bonds. The van der Waals surface area contributed by atoms with Crippen LogP contribution in [0.2, 0.25) is 5.02 Å². The van der Waals surface area contributed by atoms with Crippen LogP contribution < -0.4 is 0 Å². The minimum atomic E-state index is -3.75. The maximum atomic E-state index is 11.9. The molecule has 0 bridgehead atoms. The van der Waals surface area contributed by atoms with E-state index in [1.165, 1.54) is 24.3 Å². The first-order valence-corrected chi connectivity index (χ1v) is 7.20. The predicted octanol–water partition coefficient (Wildman–Crippen LogP) is 2.21. The van der Waals surface area contributed by atoms with Gasteiger partial charge in [0.2, 0.25) is 0 Å². The van der Waals surface area contributed by atoms with Gasteiger partial charge in [-0.3, -0.25) is 0 Å². The molecule has 7 heteroatoms. The highest BCUT2D eigenvalue weighted by atomic mass is 79.9. The van der Waals surface area contributed by atoms with E-state index >= 15 is 0 Å². The molecule has 0 saturated heterocycles. The van der Waals surface area contributed by atoms with Crippen LogP contribution in [0.15, 0.2) is 29.2 Å². The van der Waals surface area contributed by atoms with Crippen LogP contribution >= 0.6 is 27.5 Å². The van der Waals surface area contributed by atoms with Crippen molar-refractivity contribution in [3.63, 3.8) is 0 Å². The van der Waals surface area contributed by atoms with Crippen LogP contribution in [0.25, 0.3) is 0 Å². The van der Waals surface area contributed by atoms with Crippen molar-refractivity contribution in [2.45, 2.75) is 4.90 Å². The zero-order valence-electron chi connectivity index (χ0n) is 8.10. The topological polar surface area (TPSA) is 61.2 Å². The molecule has 16 heavy (non-hydrogen) atoms. The summed E-state index contributed by atoms with van der Waals surface area (Å²) < 4.78 is 24.5. The van der Waals surface area contributed by atoms with E-state index in [4.69, 9.17) is 16.9 Å². The molecule has 0 aliphatic carbocycles. The van der Waals surface area contributed by atoms with Gasteiger partial charge < -0.3 is 0 Å². The molecule has 0 saturated carbocycles. The molecule has 0 N–H and O–H groups in total. The number of sulfonamides is 1. The summed E-state index contributed by atoms with van der Waals surface area (Å²) in [6.07, 6.45) is 1.64. The summed E-state index contributed by atoms with van der Waals surface area (Å²) in [6, 6.07) is 5.68. The van der Waals surface area contributed by atoms with Crippen LogP contribution in [-0.4, -0.2) is 24.6 Å². The van der Waals surface area contributed by atoms with Gasteiger partial charge >= 0.3 is 0 Å². The van der Waals surface area contributed by atoms with Crippen molar-refractivity contribution >= 4 is 37.6 Å². The minimum absolute atomic E-state index is 0.0550. The number of nitriles is 1.